The maximum atomic E-state index is 11.8. The third-order valence-corrected chi connectivity index (χ3v) is 3.98. The van der Waals surface area contributed by atoms with Gasteiger partial charge in [0.1, 0.15) is 0 Å². The van der Waals surface area contributed by atoms with Crippen LogP contribution in [0.15, 0.2) is 0 Å². The molecule has 0 spiro atoms. The van der Waals surface area contributed by atoms with E-state index in [2.05, 4.69) is 12.2 Å². The summed E-state index contributed by atoms with van der Waals surface area (Å²) in [5, 5.41) is 11.7. The van der Waals surface area contributed by atoms with Gasteiger partial charge in [0.2, 0.25) is 5.91 Å². The van der Waals surface area contributed by atoms with E-state index in [1.807, 2.05) is 0 Å². The van der Waals surface area contributed by atoms with E-state index >= 15 is 0 Å². The van der Waals surface area contributed by atoms with Crippen LogP contribution in [-0.4, -0.2) is 23.0 Å². The molecule has 1 fully saturated rings. The summed E-state index contributed by atoms with van der Waals surface area (Å²) < 4.78 is 0. The molecule has 0 heterocycles. The number of amides is 1. The average Bonchev–Trinajstić information content (AvgIpc) is 2.79. The monoisotopic (exact) mass is 269 g/mol. The van der Waals surface area contributed by atoms with E-state index in [4.69, 9.17) is 5.11 Å². The van der Waals surface area contributed by atoms with Crippen molar-refractivity contribution in [1.29, 1.82) is 0 Å². The summed E-state index contributed by atoms with van der Waals surface area (Å²) in [4.78, 5) is 22.2. The number of hydrogen-bond acceptors (Lipinski definition) is 2. The minimum absolute atomic E-state index is 0.0961. The molecule has 0 bridgehead atoms. The molecule has 1 saturated carbocycles. The van der Waals surface area contributed by atoms with E-state index in [0.717, 1.165) is 6.42 Å². The van der Waals surface area contributed by atoms with Gasteiger partial charge in [0.05, 0.1) is 0 Å². The fourth-order valence-electron chi connectivity index (χ4n) is 2.88. The van der Waals surface area contributed by atoms with E-state index in [0.29, 0.717) is 31.2 Å². The summed E-state index contributed by atoms with van der Waals surface area (Å²) in [7, 11) is 0. The average molecular weight is 269 g/mol. The van der Waals surface area contributed by atoms with Crippen molar-refractivity contribution in [3.8, 4) is 0 Å². The summed E-state index contributed by atoms with van der Waals surface area (Å²) in [6.07, 6.45) is 9.14. The topological polar surface area (TPSA) is 66.4 Å². The number of carboxylic acid groups (broad SMARTS) is 1. The van der Waals surface area contributed by atoms with Gasteiger partial charge in [0.25, 0.3) is 0 Å². The molecule has 0 aliphatic heterocycles. The van der Waals surface area contributed by atoms with Crippen LogP contribution in [-0.2, 0) is 9.59 Å². The lowest BCUT2D eigenvalue weighted by atomic mass is 9.96. The van der Waals surface area contributed by atoms with Crippen LogP contribution in [0.3, 0.4) is 0 Å². The lowest BCUT2D eigenvalue weighted by molar-refractivity contribution is -0.137. The standard InChI is InChI=1S/C15H27NO3/c1-2-3-7-12-8-6-9-13(12)16-14(17)10-4-5-11-15(18)19/h12-13H,2-11H2,1H3,(H,16,17)(H,18,19). The third-order valence-electron chi connectivity index (χ3n) is 3.98. The van der Waals surface area contributed by atoms with Gasteiger partial charge >= 0.3 is 5.97 Å². The Labute approximate surface area is 116 Å². The van der Waals surface area contributed by atoms with Gasteiger partial charge in [-0.05, 0) is 38.0 Å². The van der Waals surface area contributed by atoms with Gasteiger partial charge in [-0.15, -0.1) is 0 Å². The number of unbranched alkanes of at least 4 members (excludes halogenated alkanes) is 2. The molecule has 0 aromatic rings. The number of carbonyl (C=O) groups is 2. The molecule has 110 valence electrons. The van der Waals surface area contributed by atoms with E-state index in [9.17, 15) is 9.59 Å². The Morgan fingerprint density at radius 1 is 1.16 bits per heavy atom. The van der Waals surface area contributed by atoms with Crippen molar-refractivity contribution in [3.63, 3.8) is 0 Å². The molecule has 2 unspecified atom stereocenters. The molecule has 0 saturated heterocycles. The van der Waals surface area contributed by atoms with Crippen molar-refractivity contribution >= 4 is 11.9 Å². The largest absolute Gasteiger partial charge is 0.481 e. The third kappa shape index (κ3) is 6.60. The second-order valence-electron chi connectivity index (χ2n) is 5.61. The zero-order chi connectivity index (χ0) is 14.1. The summed E-state index contributed by atoms with van der Waals surface area (Å²) in [6.45, 7) is 2.20. The fourth-order valence-corrected chi connectivity index (χ4v) is 2.88. The summed E-state index contributed by atoms with van der Waals surface area (Å²) >= 11 is 0. The Morgan fingerprint density at radius 3 is 2.58 bits per heavy atom. The predicted molar refractivity (Wildman–Crippen MR) is 74.9 cm³/mol. The van der Waals surface area contributed by atoms with E-state index in [1.54, 1.807) is 0 Å². The first-order chi connectivity index (χ1) is 9.13. The van der Waals surface area contributed by atoms with Crippen LogP contribution in [0.1, 0.15) is 71.1 Å². The van der Waals surface area contributed by atoms with Crippen LogP contribution < -0.4 is 5.32 Å². The normalized spacial score (nSPS) is 22.4. The SMILES string of the molecule is CCCCC1CCCC1NC(=O)CCCCC(=O)O. The number of aliphatic carboxylic acids is 1. The van der Waals surface area contributed by atoms with Gasteiger partial charge < -0.3 is 10.4 Å². The van der Waals surface area contributed by atoms with Crippen molar-refractivity contribution in [1.82, 2.24) is 5.32 Å². The molecule has 19 heavy (non-hydrogen) atoms. The fraction of sp³-hybridized carbons (Fsp3) is 0.867. The first kappa shape index (κ1) is 16.0. The smallest absolute Gasteiger partial charge is 0.303 e. The first-order valence-electron chi connectivity index (χ1n) is 7.64. The number of carboxylic acids is 1. The molecule has 1 aliphatic carbocycles. The molecule has 2 N–H and O–H groups in total. The molecule has 0 radical (unpaired) electrons. The maximum absolute atomic E-state index is 11.8. The van der Waals surface area contributed by atoms with Gasteiger partial charge in [-0.25, -0.2) is 0 Å². The summed E-state index contributed by atoms with van der Waals surface area (Å²) in [5.41, 5.74) is 0. The Hall–Kier alpha value is -1.06. The molecule has 0 aromatic heterocycles. The zero-order valence-corrected chi connectivity index (χ0v) is 12.0. The van der Waals surface area contributed by atoms with Gasteiger partial charge in [0.15, 0.2) is 0 Å². The van der Waals surface area contributed by atoms with Crippen molar-refractivity contribution in [2.45, 2.75) is 77.2 Å². The first-order valence-corrected chi connectivity index (χ1v) is 7.64. The van der Waals surface area contributed by atoms with E-state index in [-0.39, 0.29) is 12.3 Å². The van der Waals surface area contributed by atoms with Crippen LogP contribution in [0.2, 0.25) is 0 Å². The van der Waals surface area contributed by atoms with Crippen molar-refractivity contribution in [3.05, 3.63) is 0 Å². The quantitative estimate of drug-likeness (QED) is 0.632. The Morgan fingerprint density at radius 2 is 1.89 bits per heavy atom. The Bertz CT molecular complexity index is 291. The highest BCUT2D eigenvalue weighted by atomic mass is 16.4. The Balaban J connectivity index is 2.17. The number of rotatable bonds is 9. The molecule has 4 heteroatoms. The lowest BCUT2D eigenvalue weighted by Gasteiger charge is -2.20. The minimum atomic E-state index is -0.782. The molecule has 1 aliphatic rings. The highest BCUT2D eigenvalue weighted by Crippen LogP contribution is 2.29. The molecule has 4 nitrogen and oxygen atoms in total. The molecule has 1 rings (SSSR count). The summed E-state index contributed by atoms with van der Waals surface area (Å²) in [6, 6.07) is 0.360. The zero-order valence-electron chi connectivity index (χ0n) is 12.0. The highest BCUT2D eigenvalue weighted by molar-refractivity contribution is 5.76. The molecule has 1 amide bonds. The van der Waals surface area contributed by atoms with Crippen molar-refractivity contribution in [2.75, 3.05) is 0 Å². The van der Waals surface area contributed by atoms with Crippen molar-refractivity contribution < 1.29 is 14.7 Å². The van der Waals surface area contributed by atoms with Crippen LogP contribution in [0, 0.1) is 5.92 Å². The molecule has 2 atom stereocenters. The molecular weight excluding hydrogens is 242 g/mol. The Kier molecular flexibility index (Phi) is 7.53. The number of carbonyl (C=O) groups excluding carboxylic acids is 1. The second-order valence-corrected chi connectivity index (χ2v) is 5.61. The second kappa shape index (κ2) is 8.94. The van der Waals surface area contributed by atoms with E-state index < -0.39 is 5.97 Å². The molecule has 0 aromatic carbocycles. The van der Waals surface area contributed by atoms with Crippen LogP contribution >= 0.6 is 0 Å². The van der Waals surface area contributed by atoms with Crippen LogP contribution in [0.25, 0.3) is 0 Å². The van der Waals surface area contributed by atoms with Gasteiger partial charge in [-0.2, -0.15) is 0 Å². The molecular formula is C15H27NO3. The maximum Gasteiger partial charge on any atom is 0.303 e. The minimum Gasteiger partial charge on any atom is -0.481 e. The van der Waals surface area contributed by atoms with Gasteiger partial charge in [-0.1, -0.05) is 26.2 Å². The number of nitrogens with one attached hydrogen (secondary N) is 1. The summed E-state index contributed by atoms with van der Waals surface area (Å²) in [5.74, 6) is -0.0301. The van der Waals surface area contributed by atoms with Crippen molar-refractivity contribution in [2.24, 2.45) is 5.92 Å². The predicted octanol–water partition coefficient (Wildman–Crippen LogP) is 3.11. The van der Waals surface area contributed by atoms with Gasteiger partial charge in [-0.3, -0.25) is 9.59 Å². The highest BCUT2D eigenvalue weighted by Gasteiger charge is 2.27. The van der Waals surface area contributed by atoms with E-state index in [1.165, 1.54) is 32.1 Å². The van der Waals surface area contributed by atoms with Crippen LogP contribution in [0.5, 0.6) is 0 Å². The lowest BCUT2D eigenvalue weighted by Crippen LogP contribution is -2.37. The van der Waals surface area contributed by atoms with Crippen LogP contribution in [0.4, 0.5) is 0 Å². The van der Waals surface area contributed by atoms with Gasteiger partial charge in [0, 0.05) is 18.9 Å². The number of hydrogen-bond donors (Lipinski definition) is 2.